The molecule has 1 aromatic heterocycles. The van der Waals surface area contributed by atoms with Gasteiger partial charge in [-0.05, 0) is 33.2 Å². The molecule has 1 saturated carbocycles. The van der Waals surface area contributed by atoms with Crippen LogP contribution in [0.4, 0.5) is 0 Å². The minimum absolute atomic E-state index is 0.395. The van der Waals surface area contributed by atoms with E-state index < -0.39 is 11.5 Å². The van der Waals surface area contributed by atoms with Crippen LogP contribution < -0.4 is 0 Å². The standard InChI is InChI=1S/C12H19N3O3/c1-4-15(12(2,3)11(16)17)7-9-13-10(18-14-9)8-5-6-8/h8H,4-7H2,1-3H3,(H,16,17). The van der Waals surface area contributed by atoms with Crippen molar-refractivity contribution in [2.45, 2.75) is 51.6 Å². The molecule has 1 heterocycles. The Morgan fingerprint density at radius 1 is 1.56 bits per heavy atom. The van der Waals surface area contributed by atoms with Gasteiger partial charge in [0.2, 0.25) is 5.89 Å². The van der Waals surface area contributed by atoms with E-state index >= 15 is 0 Å². The molecule has 0 bridgehead atoms. The van der Waals surface area contributed by atoms with Crippen molar-refractivity contribution in [2.75, 3.05) is 6.54 Å². The zero-order chi connectivity index (χ0) is 13.3. The van der Waals surface area contributed by atoms with E-state index in [0.717, 1.165) is 12.8 Å². The fourth-order valence-corrected chi connectivity index (χ4v) is 1.84. The van der Waals surface area contributed by atoms with Gasteiger partial charge in [-0.3, -0.25) is 9.69 Å². The number of nitrogens with zero attached hydrogens (tertiary/aromatic N) is 3. The molecule has 0 unspecified atom stereocenters. The highest BCUT2D eigenvalue weighted by molar-refractivity contribution is 5.77. The van der Waals surface area contributed by atoms with Crippen LogP contribution in [-0.4, -0.2) is 38.2 Å². The van der Waals surface area contributed by atoms with E-state index in [1.54, 1.807) is 13.8 Å². The molecule has 0 spiro atoms. The average Bonchev–Trinajstić information content (AvgIpc) is 3.06. The highest BCUT2D eigenvalue weighted by Crippen LogP contribution is 2.38. The zero-order valence-electron chi connectivity index (χ0n) is 11.0. The second kappa shape index (κ2) is 4.68. The second-order valence-electron chi connectivity index (χ2n) is 5.20. The monoisotopic (exact) mass is 253 g/mol. The summed E-state index contributed by atoms with van der Waals surface area (Å²) >= 11 is 0. The van der Waals surface area contributed by atoms with E-state index in [4.69, 9.17) is 4.52 Å². The van der Waals surface area contributed by atoms with Gasteiger partial charge in [0.25, 0.3) is 0 Å². The van der Waals surface area contributed by atoms with Gasteiger partial charge in [-0.2, -0.15) is 4.98 Å². The molecule has 0 aromatic carbocycles. The lowest BCUT2D eigenvalue weighted by molar-refractivity contribution is -0.149. The van der Waals surface area contributed by atoms with Gasteiger partial charge in [-0.25, -0.2) is 0 Å². The van der Waals surface area contributed by atoms with Crippen molar-refractivity contribution >= 4 is 5.97 Å². The first-order chi connectivity index (χ1) is 8.45. The third-order valence-corrected chi connectivity index (χ3v) is 3.44. The summed E-state index contributed by atoms with van der Waals surface area (Å²) in [5, 5.41) is 13.1. The molecule has 0 saturated heterocycles. The number of aromatic nitrogens is 2. The Labute approximate surface area is 106 Å². The third kappa shape index (κ3) is 2.53. The summed E-state index contributed by atoms with van der Waals surface area (Å²) in [7, 11) is 0. The number of rotatable bonds is 6. The van der Waals surface area contributed by atoms with E-state index in [1.807, 2.05) is 11.8 Å². The molecule has 1 aliphatic carbocycles. The van der Waals surface area contributed by atoms with E-state index in [0.29, 0.717) is 30.7 Å². The van der Waals surface area contributed by atoms with E-state index in [-0.39, 0.29) is 0 Å². The smallest absolute Gasteiger partial charge is 0.323 e. The summed E-state index contributed by atoms with van der Waals surface area (Å²) in [5.41, 5.74) is -0.935. The Hall–Kier alpha value is -1.43. The normalized spacial score (nSPS) is 16.2. The maximum Gasteiger partial charge on any atom is 0.323 e. The number of carbonyl (C=O) groups is 1. The van der Waals surface area contributed by atoms with Crippen molar-refractivity contribution in [3.05, 3.63) is 11.7 Å². The highest BCUT2D eigenvalue weighted by atomic mass is 16.5. The molecule has 18 heavy (non-hydrogen) atoms. The summed E-state index contributed by atoms with van der Waals surface area (Å²) < 4.78 is 5.17. The fraction of sp³-hybridized carbons (Fsp3) is 0.750. The van der Waals surface area contributed by atoms with Gasteiger partial charge in [0.05, 0.1) is 6.54 Å². The molecule has 0 amide bonds. The number of hydrogen-bond acceptors (Lipinski definition) is 5. The van der Waals surface area contributed by atoms with Gasteiger partial charge in [0, 0.05) is 5.92 Å². The lowest BCUT2D eigenvalue weighted by Gasteiger charge is -2.32. The fourth-order valence-electron chi connectivity index (χ4n) is 1.84. The maximum atomic E-state index is 11.2. The van der Waals surface area contributed by atoms with Gasteiger partial charge in [-0.15, -0.1) is 0 Å². The van der Waals surface area contributed by atoms with Crippen LogP contribution in [0.2, 0.25) is 0 Å². The molecule has 6 heteroatoms. The lowest BCUT2D eigenvalue weighted by Crippen LogP contribution is -2.49. The van der Waals surface area contributed by atoms with E-state index in [1.165, 1.54) is 0 Å². The van der Waals surface area contributed by atoms with Gasteiger partial charge < -0.3 is 9.63 Å². The van der Waals surface area contributed by atoms with Gasteiger partial charge in [0.1, 0.15) is 5.54 Å². The number of carboxylic acids is 1. The number of likely N-dealkylation sites (N-methyl/N-ethyl adjacent to an activating group) is 1. The topological polar surface area (TPSA) is 79.5 Å². The van der Waals surface area contributed by atoms with Crippen LogP contribution in [0.3, 0.4) is 0 Å². The van der Waals surface area contributed by atoms with Crippen molar-refractivity contribution in [1.29, 1.82) is 0 Å². The summed E-state index contributed by atoms with van der Waals surface area (Å²) in [6, 6.07) is 0. The van der Waals surface area contributed by atoms with Crippen molar-refractivity contribution in [1.82, 2.24) is 15.0 Å². The largest absolute Gasteiger partial charge is 0.480 e. The molecule has 1 aromatic rings. The first-order valence-corrected chi connectivity index (χ1v) is 6.26. The number of aliphatic carboxylic acids is 1. The van der Waals surface area contributed by atoms with Gasteiger partial charge in [0.15, 0.2) is 5.82 Å². The molecule has 0 radical (unpaired) electrons. The zero-order valence-corrected chi connectivity index (χ0v) is 11.0. The van der Waals surface area contributed by atoms with E-state index in [2.05, 4.69) is 10.1 Å². The van der Waals surface area contributed by atoms with Crippen LogP contribution >= 0.6 is 0 Å². The Bertz CT molecular complexity index is 438. The predicted molar refractivity (Wildman–Crippen MR) is 64.1 cm³/mol. The number of carboxylic acid groups (broad SMARTS) is 1. The first-order valence-electron chi connectivity index (χ1n) is 6.26. The summed E-state index contributed by atoms with van der Waals surface area (Å²) in [4.78, 5) is 17.4. The predicted octanol–water partition coefficient (Wildman–Crippen LogP) is 1.63. The maximum absolute atomic E-state index is 11.2. The Balaban J connectivity index is 2.06. The molecular weight excluding hydrogens is 234 g/mol. The first kappa shape index (κ1) is 13.0. The van der Waals surface area contributed by atoms with Crippen LogP contribution in [0, 0.1) is 0 Å². The molecule has 0 aliphatic heterocycles. The highest BCUT2D eigenvalue weighted by Gasteiger charge is 2.35. The van der Waals surface area contributed by atoms with Crippen molar-refractivity contribution in [3.8, 4) is 0 Å². The van der Waals surface area contributed by atoms with Crippen LogP contribution in [0.1, 0.15) is 51.2 Å². The van der Waals surface area contributed by atoms with Crippen LogP contribution in [0.25, 0.3) is 0 Å². The summed E-state index contributed by atoms with van der Waals surface area (Å²) in [5.74, 6) is 0.825. The molecular formula is C12H19N3O3. The average molecular weight is 253 g/mol. The molecule has 0 atom stereocenters. The van der Waals surface area contributed by atoms with Crippen molar-refractivity contribution < 1.29 is 14.4 Å². The Morgan fingerprint density at radius 3 is 2.72 bits per heavy atom. The van der Waals surface area contributed by atoms with Crippen LogP contribution in [0.15, 0.2) is 4.52 Å². The summed E-state index contributed by atoms with van der Waals surface area (Å²) in [6.07, 6.45) is 2.22. The third-order valence-electron chi connectivity index (χ3n) is 3.44. The SMILES string of the molecule is CCN(Cc1noc(C2CC2)n1)C(C)(C)C(=O)O. The van der Waals surface area contributed by atoms with Gasteiger partial charge in [-0.1, -0.05) is 12.1 Å². The lowest BCUT2D eigenvalue weighted by atomic mass is 10.0. The minimum atomic E-state index is -0.935. The Morgan fingerprint density at radius 2 is 2.22 bits per heavy atom. The molecule has 1 fully saturated rings. The Kier molecular flexibility index (Phi) is 3.38. The molecule has 2 rings (SSSR count). The van der Waals surface area contributed by atoms with E-state index in [9.17, 15) is 9.90 Å². The van der Waals surface area contributed by atoms with Gasteiger partial charge >= 0.3 is 5.97 Å². The molecule has 6 nitrogen and oxygen atoms in total. The molecule has 1 N–H and O–H groups in total. The van der Waals surface area contributed by atoms with Crippen molar-refractivity contribution in [3.63, 3.8) is 0 Å². The van der Waals surface area contributed by atoms with Crippen molar-refractivity contribution in [2.24, 2.45) is 0 Å². The van der Waals surface area contributed by atoms with Crippen LogP contribution in [-0.2, 0) is 11.3 Å². The molecule has 100 valence electrons. The second-order valence-corrected chi connectivity index (χ2v) is 5.20. The van der Waals surface area contributed by atoms with Crippen LogP contribution in [0.5, 0.6) is 0 Å². The molecule has 1 aliphatic rings. The quantitative estimate of drug-likeness (QED) is 0.830. The minimum Gasteiger partial charge on any atom is -0.480 e. The number of hydrogen-bond donors (Lipinski definition) is 1. The summed E-state index contributed by atoms with van der Waals surface area (Å²) in [6.45, 7) is 6.30.